The Morgan fingerprint density at radius 2 is 1.86 bits per heavy atom. The highest BCUT2D eigenvalue weighted by Crippen LogP contribution is 2.21. The molecule has 2 rings (SSSR count). The van der Waals surface area contributed by atoms with E-state index in [2.05, 4.69) is 37.0 Å². The molecule has 72 valence electrons. The minimum Gasteiger partial charge on any atom is -0.449 e. The Balaban J connectivity index is 2.47. The summed E-state index contributed by atoms with van der Waals surface area (Å²) in [5.74, 6) is 0.707. The molecule has 0 bridgehead atoms. The van der Waals surface area contributed by atoms with Gasteiger partial charge in [0.15, 0.2) is 5.89 Å². The zero-order chi connectivity index (χ0) is 10.1. The number of aromatic nitrogens is 1. The first-order valence-electron chi connectivity index (χ1n) is 4.66. The molecular formula is C12H13NO. The zero-order valence-corrected chi connectivity index (χ0v) is 8.66. The molecule has 0 spiro atoms. The van der Waals surface area contributed by atoms with Crippen molar-refractivity contribution < 1.29 is 4.42 Å². The number of aryl methyl sites for hydroxylation is 3. The molecular weight excluding hydrogens is 174 g/mol. The summed E-state index contributed by atoms with van der Waals surface area (Å²) in [7, 11) is 0. The second-order valence-electron chi connectivity index (χ2n) is 3.55. The van der Waals surface area contributed by atoms with Gasteiger partial charge in [-0.05, 0) is 31.0 Å². The highest BCUT2D eigenvalue weighted by atomic mass is 16.3. The van der Waals surface area contributed by atoms with Crippen molar-refractivity contribution in [2.45, 2.75) is 20.8 Å². The molecule has 2 nitrogen and oxygen atoms in total. The largest absolute Gasteiger partial charge is 0.449 e. The fraction of sp³-hybridized carbons (Fsp3) is 0.250. The molecule has 0 atom stereocenters. The van der Waals surface area contributed by atoms with Gasteiger partial charge in [-0.15, -0.1) is 0 Å². The summed E-state index contributed by atoms with van der Waals surface area (Å²) >= 11 is 0. The van der Waals surface area contributed by atoms with E-state index in [0.717, 1.165) is 11.3 Å². The predicted molar refractivity (Wildman–Crippen MR) is 56.2 cm³/mol. The normalized spacial score (nSPS) is 10.5. The van der Waals surface area contributed by atoms with E-state index in [1.165, 1.54) is 11.1 Å². The van der Waals surface area contributed by atoms with Crippen LogP contribution in [0, 0.1) is 20.8 Å². The van der Waals surface area contributed by atoms with Crippen molar-refractivity contribution in [3.63, 3.8) is 0 Å². The molecule has 0 amide bonds. The molecule has 0 saturated carbocycles. The monoisotopic (exact) mass is 187 g/mol. The number of rotatable bonds is 1. The van der Waals surface area contributed by atoms with Gasteiger partial charge >= 0.3 is 0 Å². The van der Waals surface area contributed by atoms with Gasteiger partial charge in [-0.2, -0.15) is 0 Å². The molecule has 0 N–H and O–H groups in total. The zero-order valence-electron chi connectivity index (χ0n) is 8.66. The fourth-order valence-corrected chi connectivity index (χ4v) is 1.40. The molecule has 2 aromatic rings. The highest BCUT2D eigenvalue weighted by molar-refractivity contribution is 5.59. The van der Waals surface area contributed by atoms with Crippen LogP contribution in [0.15, 0.2) is 28.9 Å². The molecule has 0 fully saturated rings. The fourth-order valence-electron chi connectivity index (χ4n) is 1.40. The van der Waals surface area contributed by atoms with Crippen LogP contribution in [0.2, 0.25) is 0 Å². The summed E-state index contributed by atoms with van der Waals surface area (Å²) in [5, 5.41) is 0. The predicted octanol–water partition coefficient (Wildman–Crippen LogP) is 3.27. The Hall–Kier alpha value is -1.57. The maximum atomic E-state index is 5.18. The molecule has 1 aromatic heterocycles. The van der Waals surface area contributed by atoms with Crippen molar-refractivity contribution in [2.75, 3.05) is 0 Å². The summed E-state index contributed by atoms with van der Waals surface area (Å²) < 4.78 is 5.18. The van der Waals surface area contributed by atoms with Crippen LogP contribution >= 0.6 is 0 Å². The van der Waals surface area contributed by atoms with Crippen molar-refractivity contribution in [3.05, 3.63) is 41.5 Å². The van der Waals surface area contributed by atoms with Gasteiger partial charge < -0.3 is 4.42 Å². The van der Waals surface area contributed by atoms with E-state index >= 15 is 0 Å². The number of benzene rings is 1. The Morgan fingerprint density at radius 1 is 1.07 bits per heavy atom. The number of hydrogen-bond acceptors (Lipinski definition) is 2. The second-order valence-corrected chi connectivity index (χ2v) is 3.55. The average molecular weight is 187 g/mol. The lowest BCUT2D eigenvalue weighted by atomic mass is 10.1. The van der Waals surface area contributed by atoms with Gasteiger partial charge in [-0.3, -0.25) is 0 Å². The Bertz CT molecular complexity index is 457. The molecule has 1 aromatic carbocycles. The van der Waals surface area contributed by atoms with Gasteiger partial charge in [-0.25, -0.2) is 4.98 Å². The molecule has 0 aliphatic carbocycles. The summed E-state index contributed by atoms with van der Waals surface area (Å²) in [5.41, 5.74) is 4.60. The number of hydrogen-bond donors (Lipinski definition) is 0. The molecule has 0 unspecified atom stereocenters. The van der Waals surface area contributed by atoms with Crippen molar-refractivity contribution in [2.24, 2.45) is 0 Å². The van der Waals surface area contributed by atoms with Crippen molar-refractivity contribution in [1.82, 2.24) is 4.98 Å². The van der Waals surface area contributed by atoms with Crippen molar-refractivity contribution in [3.8, 4) is 11.3 Å². The number of oxazole rings is 1. The van der Waals surface area contributed by atoms with Crippen LogP contribution in [0.3, 0.4) is 0 Å². The van der Waals surface area contributed by atoms with Gasteiger partial charge in [0.1, 0.15) is 12.0 Å². The van der Waals surface area contributed by atoms with E-state index in [9.17, 15) is 0 Å². The lowest BCUT2D eigenvalue weighted by Crippen LogP contribution is -1.83. The topological polar surface area (TPSA) is 26.0 Å². The van der Waals surface area contributed by atoms with E-state index < -0.39 is 0 Å². The van der Waals surface area contributed by atoms with Crippen LogP contribution in [0.5, 0.6) is 0 Å². The third-order valence-corrected chi connectivity index (χ3v) is 2.42. The molecule has 0 aliphatic heterocycles. The van der Waals surface area contributed by atoms with Crippen LogP contribution in [-0.2, 0) is 0 Å². The summed E-state index contributed by atoms with van der Waals surface area (Å²) in [6.45, 7) is 6.06. The van der Waals surface area contributed by atoms with Gasteiger partial charge in [0.2, 0.25) is 0 Å². The first-order chi connectivity index (χ1) is 6.66. The molecule has 1 heterocycles. The summed E-state index contributed by atoms with van der Waals surface area (Å²) in [6.07, 6.45) is 1.69. The Labute approximate surface area is 83.6 Å². The first kappa shape index (κ1) is 9.00. The van der Waals surface area contributed by atoms with Gasteiger partial charge in [0, 0.05) is 12.5 Å². The summed E-state index contributed by atoms with van der Waals surface area (Å²) in [4.78, 5) is 4.29. The number of nitrogens with zero attached hydrogens (tertiary/aromatic N) is 1. The van der Waals surface area contributed by atoms with Crippen LogP contribution in [0.4, 0.5) is 0 Å². The van der Waals surface area contributed by atoms with E-state index in [0.29, 0.717) is 5.89 Å². The maximum Gasteiger partial charge on any atom is 0.191 e. The van der Waals surface area contributed by atoms with Crippen molar-refractivity contribution >= 4 is 0 Å². The SMILES string of the molecule is Cc1nc(-c2ccc(C)c(C)c2)co1. The smallest absolute Gasteiger partial charge is 0.191 e. The summed E-state index contributed by atoms with van der Waals surface area (Å²) in [6, 6.07) is 6.31. The lowest BCUT2D eigenvalue weighted by Gasteiger charge is -2.01. The third-order valence-electron chi connectivity index (χ3n) is 2.42. The van der Waals surface area contributed by atoms with E-state index in [4.69, 9.17) is 4.42 Å². The third kappa shape index (κ3) is 1.55. The van der Waals surface area contributed by atoms with Crippen LogP contribution in [0.25, 0.3) is 11.3 Å². The lowest BCUT2D eigenvalue weighted by molar-refractivity contribution is 0.521. The Kier molecular flexibility index (Phi) is 2.12. The molecule has 0 saturated heterocycles. The molecule has 2 heteroatoms. The average Bonchev–Trinajstić information content (AvgIpc) is 2.57. The van der Waals surface area contributed by atoms with E-state index in [-0.39, 0.29) is 0 Å². The van der Waals surface area contributed by atoms with Crippen LogP contribution in [-0.4, -0.2) is 4.98 Å². The van der Waals surface area contributed by atoms with E-state index in [1.54, 1.807) is 6.26 Å². The van der Waals surface area contributed by atoms with Gasteiger partial charge in [-0.1, -0.05) is 12.1 Å². The van der Waals surface area contributed by atoms with Gasteiger partial charge in [0.05, 0.1) is 0 Å². The standard InChI is InChI=1S/C12H13NO/c1-8-4-5-11(6-9(8)2)12-7-14-10(3)13-12/h4-7H,1-3H3. The Morgan fingerprint density at radius 3 is 2.43 bits per heavy atom. The maximum absolute atomic E-state index is 5.18. The van der Waals surface area contributed by atoms with Crippen LogP contribution in [0.1, 0.15) is 17.0 Å². The minimum absolute atomic E-state index is 0.707. The van der Waals surface area contributed by atoms with E-state index in [1.807, 2.05) is 6.92 Å². The van der Waals surface area contributed by atoms with Crippen molar-refractivity contribution in [1.29, 1.82) is 0 Å². The van der Waals surface area contributed by atoms with Crippen LogP contribution < -0.4 is 0 Å². The second kappa shape index (κ2) is 3.29. The minimum atomic E-state index is 0.707. The molecule has 14 heavy (non-hydrogen) atoms. The molecule has 0 radical (unpaired) electrons. The highest BCUT2D eigenvalue weighted by Gasteiger charge is 2.03. The quantitative estimate of drug-likeness (QED) is 0.684. The van der Waals surface area contributed by atoms with Gasteiger partial charge in [0.25, 0.3) is 0 Å². The molecule has 0 aliphatic rings. The first-order valence-corrected chi connectivity index (χ1v) is 4.66.